The Kier molecular flexibility index (Phi) is 11.6. The van der Waals surface area contributed by atoms with Gasteiger partial charge in [-0.05, 0) is 135 Å². The van der Waals surface area contributed by atoms with Gasteiger partial charge in [0.15, 0.2) is 17.3 Å². The summed E-state index contributed by atoms with van der Waals surface area (Å²) >= 11 is 0. The number of ether oxygens (including phenoxy) is 2. The lowest BCUT2D eigenvalue weighted by molar-refractivity contribution is -0.149. The number of benzene rings is 3. The van der Waals surface area contributed by atoms with Gasteiger partial charge in [0.2, 0.25) is 5.91 Å². The number of methoxy groups -OCH3 is 2. The number of ketones is 1. The Labute approximate surface area is 334 Å². The molecule has 0 saturated heterocycles. The van der Waals surface area contributed by atoms with Crippen LogP contribution in [-0.2, 0) is 17.6 Å². The second-order valence-corrected chi connectivity index (χ2v) is 18.5. The number of rotatable bonds is 10. The summed E-state index contributed by atoms with van der Waals surface area (Å²) in [7, 11) is 3.22. The highest BCUT2D eigenvalue weighted by atomic mass is 16.5. The maximum atomic E-state index is 14.7. The van der Waals surface area contributed by atoms with E-state index in [-0.39, 0.29) is 36.0 Å². The van der Waals surface area contributed by atoms with Crippen LogP contribution in [0.5, 0.6) is 11.5 Å². The van der Waals surface area contributed by atoms with Crippen molar-refractivity contribution in [3.63, 3.8) is 0 Å². The van der Waals surface area contributed by atoms with Crippen LogP contribution in [0.3, 0.4) is 0 Å². The standard InChI is InChI=1S/C49H63NO6/c1-32-11-10-23-48(4)41(39-20-15-33(25-38(51)19-14-32)26-40(39)46(53)35-12-8-7-9-13-35)22-24-49(48,54)31-50(30-36-17-18-37-29-42(36)47(37,2)3)45(52)28-34-16-21-43(55-5)44(27-34)56-6/h7-9,11-13,15-16,20-21,26-27,36-38,41-42,51,54H,10,14,17-19,22-25,28-31H2,1-6H3. The average Bonchev–Trinajstić information content (AvgIpc) is 3.44. The Morgan fingerprint density at radius 2 is 1.66 bits per heavy atom. The molecule has 3 aromatic rings. The molecule has 0 spiro atoms. The van der Waals surface area contributed by atoms with Crippen LogP contribution in [-0.4, -0.2) is 65.8 Å². The monoisotopic (exact) mass is 761 g/mol. The molecule has 4 saturated carbocycles. The quantitative estimate of drug-likeness (QED) is 0.158. The maximum absolute atomic E-state index is 14.7. The largest absolute Gasteiger partial charge is 0.493 e. The first-order valence-electron chi connectivity index (χ1n) is 21.0. The summed E-state index contributed by atoms with van der Waals surface area (Å²) < 4.78 is 11.1. The minimum absolute atomic E-state index is 0.0106. The first kappa shape index (κ1) is 40.3. The van der Waals surface area contributed by atoms with Gasteiger partial charge in [0.25, 0.3) is 0 Å². The zero-order valence-corrected chi connectivity index (χ0v) is 34.5. The van der Waals surface area contributed by atoms with Gasteiger partial charge in [-0.1, -0.05) is 81.0 Å². The first-order valence-corrected chi connectivity index (χ1v) is 21.0. The van der Waals surface area contributed by atoms with Gasteiger partial charge in [-0.25, -0.2) is 0 Å². The summed E-state index contributed by atoms with van der Waals surface area (Å²) in [5.74, 6) is 2.76. The van der Waals surface area contributed by atoms with Crippen molar-refractivity contribution in [1.82, 2.24) is 4.90 Å². The summed E-state index contributed by atoms with van der Waals surface area (Å²) in [6, 6.07) is 21.3. The molecule has 56 heavy (non-hydrogen) atoms. The number of fused-ring (bicyclic) bond motifs is 10. The highest BCUT2D eigenvalue weighted by Gasteiger charge is 2.59. The number of carbonyl (C=O) groups is 2. The molecular weight excluding hydrogens is 699 g/mol. The van der Waals surface area contributed by atoms with Crippen molar-refractivity contribution in [1.29, 1.82) is 0 Å². The molecule has 0 heterocycles. The van der Waals surface area contributed by atoms with E-state index in [9.17, 15) is 19.8 Å². The molecule has 2 N–H and O–H groups in total. The summed E-state index contributed by atoms with van der Waals surface area (Å²) in [4.78, 5) is 31.1. The van der Waals surface area contributed by atoms with E-state index in [4.69, 9.17) is 9.47 Å². The minimum atomic E-state index is -1.20. The molecule has 9 rings (SSSR count). The molecule has 7 nitrogen and oxygen atoms in total. The molecule has 3 aromatic carbocycles. The Hall–Kier alpha value is -3.94. The summed E-state index contributed by atoms with van der Waals surface area (Å²) in [6.45, 7) is 10.0. The molecule has 7 atom stereocenters. The Morgan fingerprint density at radius 1 is 0.893 bits per heavy atom. The number of nitrogens with zero attached hydrogens (tertiary/aromatic N) is 1. The van der Waals surface area contributed by atoms with Crippen molar-refractivity contribution in [3.05, 3.63) is 106 Å². The zero-order valence-electron chi connectivity index (χ0n) is 34.5. The number of amides is 1. The van der Waals surface area contributed by atoms with E-state index in [2.05, 4.69) is 45.9 Å². The number of aliphatic hydroxyl groups excluding tert-OH is 1. The molecule has 4 bridgehead atoms. The van der Waals surface area contributed by atoms with Gasteiger partial charge in [0.05, 0.1) is 32.3 Å². The summed E-state index contributed by atoms with van der Waals surface area (Å²) in [5, 5.41) is 24.3. The van der Waals surface area contributed by atoms with Gasteiger partial charge in [-0.15, -0.1) is 0 Å². The second-order valence-electron chi connectivity index (χ2n) is 18.5. The fourth-order valence-corrected chi connectivity index (χ4v) is 11.3. The zero-order chi connectivity index (χ0) is 39.8. The number of carbonyl (C=O) groups excluding carboxylic acids is 2. The van der Waals surface area contributed by atoms with E-state index >= 15 is 0 Å². The Morgan fingerprint density at radius 3 is 2.38 bits per heavy atom. The van der Waals surface area contributed by atoms with Crippen LogP contribution in [0.1, 0.15) is 124 Å². The third-order valence-corrected chi connectivity index (χ3v) is 15.0. The number of allylic oxidation sites excluding steroid dienone is 2. The van der Waals surface area contributed by atoms with Crippen molar-refractivity contribution in [2.24, 2.45) is 28.6 Å². The van der Waals surface area contributed by atoms with Crippen LogP contribution in [0.25, 0.3) is 0 Å². The van der Waals surface area contributed by atoms with Crippen molar-refractivity contribution >= 4 is 11.7 Å². The van der Waals surface area contributed by atoms with Gasteiger partial charge in [0.1, 0.15) is 0 Å². The predicted octanol–water partition coefficient (Wildman–Crippen LogP) is 9.12. The van der Waals surface area contributed by atoms with Crippen LogP contribution in [0.2, 0.25) is 0 Å². The molecule has 0 aliphatic heterocycles. The van der Waals surface area contributed by atoms with E-state index in [1.165, 1.54) is 18.4 Å². The molecule has 6 aliphatic carbocycles. The molecule has 7 heteroatoms. The van der Waals surface area contributed by atoms with Gasteiger partial charge in [-0.2, -0.15) is 0 Å². The van der Waals surface area contributed by atoms with E-state index in [0.717, 1.165) is 41.9 Å². The minimum Gasteiger partial charge on any atom is -0.493 e. The highest BCUT2D eigenvalue weighted by molar-refractivity contribution is 6.10. The summed E-state index contributed by atoms with van der Waals surface area (Å²) in [5.41, 5.74) is 3.68. The lowest BCUT2D eigenvalue weighted by Gasteiger charge is -2.61. The average molecular weight is 762 g/mol. The van der Waals surface area contributed by atoms with Crippen molar-refractivity contribution < 1.29 is 29.3 Å². The smallest absolute Gasteiger partial charge is 0.227 e. The fraction of sp³-hybridized carbons (Fsp3) is 0.551. The highest BCUT2D eigenvalue weighted by Crippen LogP contribution is 2.62. The SMILES string of the molecule is COc1ccc(CC(=O)N(CC2CCC3CC2C3(C)C)CC2(O)CCC3c4ccc(cc4C(=O)c4ccccc4)CC(O)CCC(C)=CCCC32C)cc1OC. The van der Waals surface area contributed by atoms with E-state index in [0.29, 0.717) is 73.1 Å². The van der Waals surface area contributed by atoms with E-state index in [1.54, 1.807) is 14.2 Å². The lowest BCUT2D eigenvalue weighted by atomic mass is 9.45. The first-order chi connectivity index (χ1) is 26.8. The van der Waals surface area contributed by atoms with Crippen LogP contribution < -0.4 is 9.47 Å². The number of aliphatic hydroxyl groups is 2. The van der Waals surface area contributed by atoms with Gasteiger partial charge >= 0.3 is 0 Å². The van der Waals surface area contributed by atoms with Crippen LogP contribution >= 0.6 is 0 Å². The molecule has 6 aliphatic rings. The van der Waals surface area contributed by atoms with Crippen molar-refractivity contribution in [2.45, 2.75) is 116 Å². The third-order valence-electron chi connectivity index (χ3n) is 15.0. The second kappa shape index (κ2) is 16.1. The molecule has 0 aromatic heterocycles. The predicted molar refractivity (Wildman–Crippen MR) is 221 cm³/mol. The molecule has 0 radical (unpaired) electrons. The van der Waals surface area contributed by atoms with E-state index < -0.39 is 17.1 Å². The van der Waals surface area contributed by atoms with Crippen molar-refractivity contribution in [2.75, 3.05) is 27.3 Å². The Bertz CT molecular complexity index is 1930. The van der Waals surface area contributed by atoms with Crippen LogP contribution in [0.4, 0.5) is 0 Å². The van der Waals surface area contributed by atoms with Crippen molar-refractivity contribution in [3.8, 4) is 11.5 Å². The molecule has 1 amide bonds. The van der Waals surface area contributed by atoms with Gasteiger partial charge in [0, 0.05) is 29.6 Å². The number of hydrogen-bond donors (Lipinski definition) is 2. The Balaban J connectivity index is 1.27. The number of hydrogen-bond acceptors (Lipinski definition) is 6. The fourth-order valence-electron chi connectivity index (χ4n) is 11.3. The van der Waals surface area contributed by atoms with Gasteiger partial charge in [-0.3, -0.25) is 9.59 Å². The normalized spacial score (nSPS) is 29.6. The van der Waals surface area contributed by atoms with Crippen LogP contribution in [0.15, 0.2) is 78.4 Å². The molecule has 4 fully saturated rings. The lowest BCUT2D eigenvalue weighted by Crippen LogP contribution is -2.58. The molecular formula is C49H63NO6. The molecule has 7 unspecified atom stereocenters. The maximum Gasteiger partial charge on any atom is 0.227 e. The van der Waals surface area contributed by atoms with Crippen LogP contribution in [0, 0.1) is 28.6 Å². The topological polar surface area (TPSA) is 96.3 Å². The van der Waals surface area contributed by atoms with Gasteiger partial charge < -0.3 is 24.6 Å². The van der Waals surface area contributed by atoms with E-state index in [1.807, 2.05) is 59.5 Å². The summed E-state index contributed by atoms with van der Waals surface area (Å²) in [6.07, 6.45) is 10.1. The third kappa shape index (κ3) is 7.70. The molecule has 300 valence electrons.